The van der Waals surface area contributed by atoms with Gasteiger partial charge in [-0.25, -0.2) is 0 Å². The number of benzene rings is 3. The van der Waals surface area contributed by atoms with Crippen LogP contribution < -0.4 is 14.4 Å². The molecule has 3 nitrogen and oxygen atoms in total. The summed E-state index contributed by atoms with van der Waals surface area (Å²) >= 11 is 0. The molecular weight excluding hydrogens is 427 g/mol. The lowest BCUT2D eigenvalue weighted by molar-refractivity contribution is -0.0987. The van der Waals surface area contributed by atoms with Crippen LogP contribution in [0.5, 0.6) is 11.5 Å². The Kier molecular flexibility index (Phi) is 4.74. The van der Waals surface area contributed by atoms with Crippen molar-refractivity contribution in [2.24, 2.45) is 0 Å². The van der Waals surface area contributed by atoms with Gasteiger partial charge < -0.3 is 14.4 Å². The molecule has 6 heteroatoms. The maximum absolute atomic E-state index is 14.5. The van der Waals surface area contributed by atoms with Crippen LogP contribution in [0.25, 0.3) is 16.7 Å². The molecule has 0 aromatic heterocycles. The van der Waals surface area contributed by atoms with Crippen molar-refractivity contribution < 1.29 is 22.6 Å². The van der Waals surface area contributed by atoms with Crippen LogP contribution in [0.15, 0.2) is 66.2 Å². The van der Waals surface area contributed by atoms with E-state index in [-0.39, 0.29) is 12.2 Å². The summed E-state index contributed by atoms with van der Waals surface area (Å²) in [5.41, 5.74) is 2.71. The van der Waals surface area contributed by atoms with Gasteiger partial charge in [0.1, 0.15) is 18.1 Å². The van der Waals surface area contributed by atoms with Gasteiger partial charge in [-0.15, -0.1) is 0 Å². The van der Waals surface area contributed by atoms with Gasteiger partial charge in [0.2, 0.25) is 0 Å². The summed E-state index contributed by atoms with van der Waals surface area (Å²) in [7, 11) is 1.58. The van der Waals surface area contributed by atoms with E-state index in [2.05, 4.69) is 0 Å². The largest absolute Gasteiger partial charge is 0.496 e. The number of hydrogen-bond acceptors (Lipinski definition) is 3. The Hall–Kier alpha value is -3.41. The molecule has 0 atom stereocenters. The van der Waals surface area contributed by atoms with Crippen molar-refractivity contribution in [3.8, 4) is 22.6 Å². The highest BCUT2D eigenvalue weighted by atomic mass is 19.4. The first-order valence-corrected chi connectivity index (χ1v) is 10.8. The van der Waals surface area contributed by atoms with Gasteiger partial charge in [-0.1, -0.05) is 30.3 Å². The lowest BCUT2D eigenvalue weighted by Crippen LogP contribution is -2.49. The highest BCUT2D eigenvalue weighted by Gasteiger charge is 2.51. The minimum Gasteiger partial charge on any atom is -0.496 e. The third kappa shape index (κ3) is 3.11. The molecule has 0 spiro atoms. The molecule has 2 aliphatic heterocycles. The van der Waals surface area contributed by atoms with E-state index < -0.39 is 17.3 Å². The van der Waals surface area contributed by atoms with Gasteiger partial charge in [-0.05, 0) is 62.2 Å². The number of hydrogen-bond donors (Lipinski definition) is 0. The van der Waals surface area contributed by atoms with Crippen molar-refractivity contribution in [1.82, 2.24) is 0 Å². The zero-order valence-electron chi connectivity index (χ0n) is 18.9. The molecule has 0 unspecified atom stereocenters. The van der Waals surface area contributed by atoms with Crippen LogP contribution in [-0.2, 0) is 6.61 Å². The number of nitrogens with zero attached hydrogens (tertiary/aromatic N) is 1. The van der Waals surface area contributed by atoms with Crippen LogP contribution >= 0.6 is 0 Å². The number of para-hydroxylation sites is 1. The van der Waals surface area contributed by atoms with Crippen molar-refractivity contribution in [2.75, 3.05) is 12.0 Å². The molecule has 0 saturated carbocycles. The predicted octanol–water partition coefficient (Wildman–Crippen LogP) is 7.52. The molecule has 0 N–H and O–H groups in total. The molecule has 2 aliphatic rings. The molecule has 3 aromatic rings. The Morgan fingerprint density at radius 2 is 1.67 bits per heavy atom. The highest BCUT2D eigenvalue weighted by Crippen LogP contribution is 2.55. The van der Waals surface area contributed by atoms with Crippen LogP contribution in [-0.4, -0.2) is 18.8 Å². The van der Waals surface area contributed by atoms with E-state index in [9.17, 15) is 13.2 Å². The lowest BCUT2D eigenvalue weighted by Gasteiger charge is -2.48. The van der Waals surface area contributed by atoms with Gasteiger partial charge in [-0.3, -0.25) is 0 Å². The van der Waals surface area contributed by atoms with Crippen LogP contribution in [0.2, 0.25) is 0 Å². The minimum atomic E-state index is -4.49. The molecule has 5 rings (SSSR count). The second-order valence-corrected chi connectivity index (χ2v) is 8.84. The fraction of sp³-hybridized carbons (Fsp3) is 0.259. The fourth-order valence-electron chi connectivity index (χ4n) is 5.44. The number of alkyl halides is 3. The van der Waals surface area contributed by atoms with E-state index in [0.717, 1.165) is 22.4 Å². The summed E-state index contributed by atoms with van der Waals surface area (Å²) in [5, 5.41) is 0. The van der Waals surface area contributed by atoms with Gasteiger partial charge in [-0.2, -0.15) is 13.2 Å². The quantitative estimate of drug-likeness (QED) is 0.402. The Morgan fingerprint density at radius 3 is 2.33 bits per heavy atom. The highest BCUT2D eigenvalue weighted by molar-refractivity contribution is 5.94. The number of ether oxygens (including phenoxy) is 2. The number of methoxy groups -OCH3 is 1. The second kappa shape index (κ2) is 7.30. The van der Waals surface area contributed by atoms with Crippen LogP contribution in [0, 0.1) is 0 Å². The maximum Gasteiger partial charge on any atom is 0.415 e. The van der Waals surface area contributed by atoms with Gasteiger partial charge in [0.15, 0.2) is 0 Å². The molecular formula is C27H24F3NO2. The average molecular weight is 451 g/mol. The molecule has 33 heavy (non-hydrogen) atoms. The van der Waals surface area contributed by atoms with Gasteiger partial charge in [0.25, 0.3) is 0 Å². The number of anilines is 2. The zero-order valence-corrected chi connectivity index (χ0v) is 18.9. The normalized spacial score (nSPS) is 16.5. The van der Waals surface area contributed by atoms with Crippen molar-refractivity contribution >= 4 is 16.9 Å². The molecule has 0 saturated heterocycles. The van der Waals surface area contributed by atoms with Gasteiger partial charge in [0.05, 0.1) is 23.8 Å². The molecule has 170 valence electrons. The Labute approximate surface area is 191 Å². The first-order chi connectivity index (χ1) is 15.7. The molecule has 3 aromatic carbocycles. The topological polar surface area (TPSA) is 21.7 Å². The van der Waals surface area contributed by atoms with Crippen LogP contribution in [0.1, 0.15) is 31.9 Å². The molecule has 0 amide bonds. The van der Waals surface area contributed by atoms with E-state index in [4.69, 9.17) is 9.47 Å². The summed E-state index contributed by atoms with van der Waals surface area (Å²) in [6, 6.07) is 18.6. The van der Waals surface area contributed by atoms with Gasteiger partial charge >= 0.3 is 6.18 Å². The zero-order chi connectivity index (χ0) is 23.5. The summed E-state index contributed by atoms with van der Waals surface area (Å²) in [4.78, 5) is 1.79. The van der Waals surface area contributed by atoms with Crippen molar-refractivity contribution in [2.45, 2.75) is 39.1 Å². The number of halogens is 3. The number of fused-ring (bicyclic) bond motifs is 5. The molecule has 0 bridgehead atoms. The summed E-state index contributed by atoms with van der Waals surface area (Å²) in [6.45, 7) is 5.01. The third-order valence-corrected chi connectivity index (χ3v) is 6.60. The molecule has 0 radical (unpaired) electrons. The molecule has 0 aliphatic carbocycles. The SMILES string of the molecule is COc1cccc2c1-c1ccc3c(c1CO2)C(C)=C(C(F)(F)F)C(C)(C)N3c1ccccc1. The fourth-order valence-corrected chi connectivity index (χ4v) is 5.44. The van der Waals surface area contributed by atoms with E-state index in [1.54, 1.807) is 32.8 Å². The monoisotopic (exact) mass is 451 g/mol. The Bertz CT molecular complexity index is 1260. The number of rotatable bonds is 2. The first kappa shape index (κ1) is 21.4. The minimum absolute atomic E-state index is 0.185. The Balaban J connectivity index is 1.87. The van der Waals surface area contributed by atoms with Crippen LogP contribution in [0.3, 0.4) is 0 Å². The summed E-state index contributed by atoms with van der Waals surface area (Å²) in [6.07, 6.45) is -4.49. The first-order valence-electron chi connectivity index (χ1n) is 10.8. The smallest absolute Gasteiger partial charge is 0.415 e. The average Bonchev–Trinajstić information content (AvgIpc) is 2.77. The van der Waals surface area contributed by atoms with E-state index in [1.165, 1.54) is 0 Å². The molecule has 2 heterocycles. The van der Waals surface area contributed by atoms with Gasteiger partial charge in [0, 0.05) is 22.5 Å². The second-order valence-electron chi connectivity index (χ2n) is 8.84. The van der Waals surface area contributed by atoms with E-state index >= 15 is 0 Å². The van der Waals surface area contributed by atoms with Crippen LogP contribution in [0.4, 0.5) is 24.5 Å². The van der Waals surface area contributed by atoms with E-state index in [1.807, 2.05) is 60.7 Å². The lowest BCUT2D eigenvalue weighted by atomic mass is 9.77. The van der Waals surface area contributed by atoms with Crippen molar-refractivity contribution in [3.05, 3.63) is 77.4 Å². The van der Waals surface area contributed by atoms with Crippen molar-refractivity contribution in [3.63, 3.8) is 0 Å². The standard InChI is InChI=1S/C27H24F3NO2/c1-16-23-19-15-33-22-12-8-11-21(32-4)24(22)18(19)13-14-20(23)31(17-9-6-5-7-10-17)26(2,3)25(16)27(28,29)30/h5-14H,15H2,1-4H3. The number of allylic oxidation sites excluding steroid dienone is 1. The maximum atomic E-state index is 14.5. The van der Waals surface area contributed by atoms with E-state index in [0.29, 0.717) is 22.7 Å². The predicted molar refractivity (Wildman–Crippen MR) is 124 cm³/mol. The summed E-state index contributed by atoms with van der Waals surface area (Å²) in [5.74, 6) is 1.29. The molecule has 0 fully saturated rings. The Morgan fingerprint density at radius 1 is 0.939 bits per heavy atom. The third-order valence-electron chi connectivity index (χ3n) is 6.60. The van der Waals surface area contributed by atoms with Crippen molar-refractivity contribution in [1.29, 1.82) is 0 Å². The summed E-state index contributed by atoms with van der Waals surface area (Å²) < 4.78 is 55.1.